The van der Waals surface area contributed by atoms with Crippen LogP contribution < -0.4 is 15.0 Å². The molecule has 1 N–H and O–H groups in total. The van der Waals surface area contributed by atoms with E-state index in [1.54, 1.807) is 7.05 Å². The number of carbonyl (C=O) groups is 1. The highest BCUT2D eigenvalue weighted by atomic mass is 16.5. The van der Waals surface area contributed by atoms with Gasteiger partial charge in [-0.2, -0.15) is 0 Å². The zero-order valence-corrected chi connectivity index (χ0v) is 13.8. The molecule has 1 atom stereocenters. The van der Waals surface area contributed by atoms with Crippen LogP contribution in [0.2, 0.25) is 0 Å². The molecule has 3 rings (SSSR count). The Morgan fingerprint density at radius 2 is 2.04 bits per heavy atom. The van der Waals surface area contributed by atoms with E-state index in [2.05, 4.69) is 42.3 Å². The number of nitrogens with zero attached hydrogens (tertiary/aromatic N) is 1. The summed E-state index contributed by atoms with van der Waals surface area (Å²) in [5.41, 5.74) is 4.82. The first kappa shape index (κ1) is 15.4. The first-order chi connectivity index (χ1) is 11.1. The molecule has 23 heavy (non-hydrogen) atoms. The van der Waals surface area contributed by atoms with Gasteiger partial charge in [0, 0.05) is 13.6 Å². The van der Waals surface area contributed by atoms with E-state index in [9.17, 15) is 4.79 Å². The minimum Gasteiger partial charge on any atom is -0.477 e. The van der Waals surface area contributed by atoms with Crippen molar-refractivity contribution in [3.63, 3.8) is 0 Å². The molecular weight excluding hydrogens is 288 g/mol. The fourth-order valence-corrected chi connectivity index (χ4v) is 2.93. The number of anilines is 1. The highest BCUT2D eigenvalue weighted by Gasteiger charge is 2.30. The Kier molecular flexibility index (Phi) is 4.24. The molecule has 4 nitrogen and oxygen atoms in total. The molecule has 0 aromatic heterocycles. The van der Waals surface area contributed by atoms with E-state index in [0.717, 1.165) is 18.0 Å². The summed E-state index contributed by atoms with van der Waals surface area (Å²) in [7, 11) is 1.64. The number of rotatable bonds is 3. The lowest BCUT2D eigenvalue weighted by atomic mass is 10.0. The average Bonchev–Trinajstić information content (AvgIpc) is 2.57. The van der Waals surface area contributed by atoms with Gasteiger partial charge in [0.05, 0.1) is 12.2 Å². The molecule has 0 saturated heterocycles. The predicted molar refractivity (Wildman–Crippen MR) is 91.9 cm³/mol. The molecule has 2 aromatic rings. The highest BCUT2D eigenvalue weighted by molar-refractivity contribution is 5.83. The average molecular weight is 310 g/mol. The molecule has 0 fully saturated rings. The van der Waals surface area contributed by atoms with Crippen LogP contribution in [-0.4, -0.2) is 25.6 Å². The number of amides is 1. The first-order valence-electron chi connectivity index (χ1n) is 7.87. The summed E-state index contributed by atoms with van der Waals surface area (Å²) in [4.78, 5) is 14.3. The normalized spacial score (nSPS) is 16.5. The standard InChI is InChI=1S/C19H22N2O2/c1-13-8-9-14(2)15(10-13)11-21-12-18(19(22)20-3)23-17-7-5-4-6-16(17)21/h4-10,18H,11-12H2,1-3H3,(H,20,22)/t18-/m0/s1. The van der Waals surface area contributed by atoms with E-state index in [4.69, 9.17) is 4.74 Å². The van der Waals surface area contributed by atoms with Crippen molar-refractivity contribution in [1.29, 1.82) is 0 Å². The third kappa shape index (κ3) is 3.16. The summed E-state index contributed by atoms with van der Waals surface area (Å²) >= 11 is 0. The summed E-state index contributed by atoms with van der Waals surface area (Å²) in [5, 5.41) is 2.68. The maximum Gasteiger partial charge on any atom is 0.262 e. The van der Waals surface area contributed by atoms with Crippen LogP contribution in [-0.2, 0) is 11.3 Å². The van der Waals surface area contributed by atoms with Crippen LogP contribution >= 0.6 is 0 Å². The molecule has 0 unspecified atom stereocenters. The number of hydrogen-bond acceptors (Lipinski definition) is 3. The lowest BCUT2D eigenvalue weighted by Crippen LogP contribution is -2.48. The van der Waals surface area contributed by atoms with E-state index >= 15 is 0 Å². The van der Waals surface area contributed by atoms with Crippen LogP contribution in [0.15, 0.2) is 42.5 Å². The quantitative estimate of drug-likeness (QED) is 0.948. The Hall–Kier alpha value is -2.49. The molecule has 0 spiro atoms. The number of benzene rings is 2. The summed E-state index contributed by atoms with van der Waals surface area (Å²) in [6.45, 7) is 5.53. The van der Waals surface area contributed by atoms with Gasteiger partial charge in [-0.1, -0.05) is 35.9 Å². The minimum absolute atomic E-state index is 0.0922. The van der Waals surface area contributed by atoms with Crippen LogP contribution in [0.25, 0.3) is 0 Å². The van der Waals surface area contributed by atoms with E-state index < -0.39 is 6.10 Å². The van der Waals surface area contributed by atoms with Gasteiger partial charge in [-0.3, -0.25) is 4.79 Å². The molecule has 0 aliphatic carbocycles. The summed E-state index contributed by atoms with van der Waals surface area (Å²) in [6.07, 6.45) is -0.486. The number of ether oxygens (including phenoxy) is 1. The van der Waals surface area contributed by atoms with Crippen molar-refractivity contribution in [2.75, 3.05) is 18.5 Å². The number of hydrogen-bond donors (Lipinski definition) is 1. The van der Waals surface area contributed by atoms with Crippen molar-refractivity contribution in [2.45, 2.75) is 26.5 Å². The van der Waals surface area contributed by atoms with Crippen molar-refractivity contribution in [3.8, 4) is 5.75 Å². The summed E-state index contributed by atoms with van der Waals surface area (Å²) in [6, 6.07) is 14.4. The number of para-hydroxylation sites is 2. The Labute approximate surface area is 137 Å². The lowest BCUT2D eigenvalue weighted by Gasteiger charge is -2.35. The van der Waals surface area contributed by atoms with Gasteiger partial charge in [0.2, 0.25) is 0 Å². The molecule has 4 heteroatoms. The SMILES string of the molecule is CNC(=O)[C@@H]1CN(Cc2cc(C)ccc2C)c2ccccc2O1. The van der Waals surface area contributed by atoms with E-state index in [-0.39, 0.29) is 5.91 Å². The maximum atomic E-state index is 12.0. The van der Waals surface area contributed by atoms with Crippen LogP contribution in [0.4, 0.5) is 5.69 Å². The second kappa shape index (κ2) is 6.32. The van der Waals surface area contributed by atoms with Crippen molar-refractivity contribution in [1.82, 2.24) is 5.32 Å². The fourth-order valence-electron chi connectivity index (χ4n) is 2.93. The predicted octanol–water partition coefficient (Wildman–Crippen LogP) is 2.82. The molecule has 1 aliphatic rings. The lowest BCUT2D eigenvalue weighted by molar-refractivity contribution is -0.127. The van der Waals surface area contributed by atoms with Crippen molar-refractivity contribution in [2.24, 2.45) is 0 Å². The number of likely N-dealkylation sites (N-methyl/N-ethyl adjacent to an activating group) is 1. The third-order valence-electron chi connectivity index (χ3n) is 4.27. The first-order valence-corrected chi connectivity index (χ1v) is 7.87. The van der Waals surface area contributed by atoms with Gasteiger partial charge in [0.1, 0.15) is 5.75 Å². The number of fused-ring (bicyclic) bond motifs is 1. The third-order valence-corrected chi connectivity index (χ3v) is 4.27. The van der Waals surface area contributed by atoms with Crippen LogP contribution in [0.1, 0.15) is 16.7 Å². The minimum atomic E-state index is -0.486. The Morgan fingerprint density at radius 3 is 2.83 bits per heavy atom. The molecule has 0 bridgehead atoms. The van der Waals surface area contributed by atoms with Crippen LogP contribution in [0, 0.1) is 13.8 Å². The molecule has 0 saturated carbocycles. The van der Waals surface area contributed by atoms with Crippen LogP contribution in [0.3, 0.4) is 0 Å². The Bertz CT molecular complexity index is 727. The van der Waals surface area contributed by atoms with Crippen molar-refractivity contribution < 1.29 is 9.53 Å². The topological polar surface area (TPSA) is 41.6 Å². The molecule has 1 aliphatic heterocycles. The van der Waals surface area contributed by atoms with E-state index in [1.165, 1.54) is 16.7 Å². The highest BCUT2D eigenvalue weighted by Crippen LogP contribution is 2.34. The smallest absolute Gasteiger partial charge is 0.262 e. The Balaban J connectivity index is 1.93. The van der Waals surface area contributed by atoms with Gasteiger partial charge in [-0.05, 0) is 37.1 Å². The maximum absolute atomic E-state index is 12.0. The van der Waals surface area contributed by atoms with Gasteiger partial charge in [0.15, 0.2) is 6.10 Å². The molecule has 1 heterocycles. The van der Waals surface area contributed by atoms with Gasteiger partial charge in [-0.15, -0.1) is 0 Å². The second-order valence-corrected chi connectivity index (χ2v) is 6.00. The number of nitrogens with one attached hydrogen (secondary N) is 1. The monoisotopic (exact) mass is 310 g/mol. The zero-order valence-electron chi connectivity index (χ0n) is 13.8. The van der Waals surface area contributed by atoms with Gasteiger partial charge < -0.3 is 15.0 Å². The summed E-state index contributed by atoms with van der Waals surface area (Å²) in [5.74, 6) is 0.670. The van der Waals surface area contributed by atoms with Crippen molar-refractivity contribution in [3.05, 3.63) is 59.2 Å². The molecule has 1 amide bonds. The molecular formula is C19H22N2O2. The molecule has 120 valence electrons. The van der Waals surface area contributed by atoms with E-state index in [0.29, 0.717) is 6.54 Å². The Morgan fingerprint density at radius 1 is 1.26 bits per heavy atom. The zero-order chi connectivity index (χ0) is 16.4. The fraction of sp³-hybridized carbons (Fsp3) is 0.316. The molecule has 0 radical (unpaired) electrons. The van der Waals surface area contributed by atoms with Gasteiger partial charge >= 0.3 is 0 Å². The van der Waals surface area contributed by atoms with Gasteiger partial charge in [0.25, 0.3) is 5.91 Å². The number of aryl methyl sites for hydroxylation is 2. The summed E-state index contributed by atoms with van der Waals surface area (Å²) < 4.78 is 5.85. The van der Waals surface area contributed by atoms with Crippen molar-refractivity contribution >= 4 is 11.6 Å². The number of carbonyl (C=O) groups excluding carboxylic acids is 1. The van der Waals surface area contributed by atoms with E-state index in [1.807, 2.05) is 24.3 Å². The largest absolute Gasteiger partial charge is 0.477 e. The van der Waals surface area contributed by atoms with Crippen LogP contribution in [0.5, 0.6) is 5.75 Å². The second-order valence-electron chi connectivity index (χ2n) is 6.00. The van der Waals surface area contributed by atoms with Gasteiger partial charge in [-0.25, -0.2) is 0 Å². The molecule has 2 aromatic carbocycles.